The zero-order valence-electron chi connectivity index (χ0n) is 16.8. The highest BCUT2D eigenvalue weighted by Gasteiger charge is 2.21. The number of likely N-dealkylation sites (N-methyl/N-ethyl adjacent to an activating group) is 1. The molecule has 0 heterocycles. The molecule has 0 atom stereocenters. The second-order valence-corrected chi connectivity index (χ2v) is 6.74. The van der Waals surface area contributed by atoms with Crippen LogP contribution < -0.4 is 5.32 Å². The van der Waals surface area contributed by atoms with E-state index in [2.05, 4.69) is 15.2 Å². The molecule has 0 bridgehead atoms. The van der Waals surface area contributed by atoms with Crippen molar-refractivity contribution in [1.82, 2.24) is 10.2 Å². The van der Waals surface area contributed by atoms with Gasteiger partial charge in [0.1, 0.15) is 0 Å². The third-order valence-electron chi connectivity index (χ3n) is 4.34. The molecule has 0 aromatic rings. The number of hydrogen-bond acceptors (Lipinski definition) is 4. The minimum Gasteiger partial charge on any atom is -0.466 e. The maximum atomic E-state index is 11.2. The topological polar surface area (TPSA) is 63.2 Å². The lowest BCUT2D eigenvalue weighted by atomic mass is 10.1. The lowest BCUT2D eigenvalue weighted by molar-refractivity contribution is -0.143. The molecule has 1 fully saturated rings. The summed E-state index contributed by atoms with van der Waals surface area (Å²) in [5.41, 5.74) is 0. The van der Waals surface area contributed by atoms with Crippen molar-refractivity contribution in [1.29, 1.82) is 0 Å². The molecule has 154 valence electrons. The number of carbonyl (C=O) groups excluding carboxylic acids is 1. The van der Waals surface area contributed by atoms with Gasteiger partial charge < -0.3 is 19.7 Å². The van der Waals surface area contributed by atoms with E-state index in [0.717, 1.165) is 63.9 Å². The Bertz CT molecular complexity index is 390. The number of guanidine groups is 1. The first-order valence-corrected chi connectivity index (χ1v) is 9.82. The number of hydrogen-bond donors (Lipinski definition) is 1. The van der Waals surface area contributed by atoms with Gasteiger partial charge in [-0.2, -0.15) is 0 Å². The SMILES string of the molecule is CCOC(=O)CCCCCCCNC(=NC)N(C)CCOCC1CC1.I. The molecule has 0 radical (unpaired) electrons. The van der Waals surface area contributed by atoms with Crippen LogP contribution in [0.2, 0.25) is 0 Å². The summed E-state index contributed by atoms with van der Waals surface area (Å²) >= 11 is 0. The first kappa shape index (κ1) is 25.4. The maximum Gasteiger partial charge on any atom is 0.305 e. The smallest absolute Gasteiger partial charge is 0.305 e. The Morgan fingerprint density at radius 1 is 1.19 bits per heavy atom. The van der Waals surface area contributed by atoms with Gasteiger partial charge in [-0.1, -0.05) is 19.3 Å². The zero-order chi connectivity index (χ0) is 18.3. The van der Waals surface area contributed by atoms with Crippen LogP contribution in [0.15, 0.2) is 4.99 Å². The van der Waals surface area contributed by atoms with Gasteiger partial charge in [0.25, 0.3) is 0 Å². The fourth-order valence-corrected chi connectivity index (χ4v) is 2.58. The lowest BCUT2D eigenvalue weighted by Crippen LogP contribution is -2.40. The van der Waals surface area contributed by atoms with Crippen LogP contribution in [0.25, 0.3) is 0 Å². The van der Waals surface area contributed by atoms with Gasteiger partial charge >= 0.3 is 5.97 Å². The van der Waals surface area contributed by atoms with Crippen molar-refractivity contribution in [3.05, 3.63) is 0 Å². The van der Waals surface area contributed by atoms with Gasteiger partial charge in [0, 0.05) is 40.2 Å². The summed E-state index contributed by atoms with van der Waals surface area (Å²) in [5, 5.41) is 3.40. The molecule has 0 aromatic heterocycles. The van der Waals surface area contributed by atoms with Gasteiger partial charge in [0.15, 0.2) is 5.96 Å². The number of nitrogens with one attached hydrogen (secondary N) is 1. The molecule has 0 amide bonds. The molecule has 1 aliphatic carbocycles. The van der Waals surface area contributed by atoms with Crippen molar-refractivity contribution in [3.8, 4) is 0 Å². The number of nitrogens with zero attached hydrogens (tertiary/aromatic N) is 2. The van der Waals surface area contributed by atoms with Crippen LogP contribution in [0.4, 0.5) is 0 Å². The normalized spacial score (nSPS) is 13.9. The summed E-state index contributed by atoms with van der Waals surface area (Å²) in [6.07, 6.45) is 8.68. The average Bonchev–Trinajstić information content (AvgIpc) is 3.42. The van der Waals surface area contributed by atoms with Crippen LogP contribution >= 0.6 is 24.0 Å². The van der Waals surface area contributed by atoms with Crippen LogP contribution in [0.5, 0.6) is 0 Å². The van der Waals surface area contributed by atoms with Gasteiger partial charge in [-0.05, 0) is 38.5 Å². The molecule has 26 heavy (non-hydrogen) atoms. The van der Waals surface area contributed by atoms with Gasteiger partial charge in [-0.15, -0.1) is 24.0 Å². The van der Waals surface area contributed by atoms with Crippen LogP contribution in [0.1, 0.15) is 58.3 Å². The first-order valence-electron chi connectivity index (χ1n) is 9.82. The second-order valence-electron chi connectivity index (χ2n) is 6.74. The van der Waals surface area contributed by atoms with Crippen LogP contribution in [0, 0.1) is 5.92 Å². The molecular formula is C19H38IN3O3. The first-order chi connectivity index (χ1) is 12.2. The Balaban J connectivity index is 0.00000625. The Labute approximate surface area is 176 Å². The number of rotatable bonds is 14. The van der Waals surface area contributed by atoms with E-state index in [9.17, 15) is 4.79 Å². The molecule has 1 N–H and O–H groups in total. The highest BCUT2D eigenvalue weighted by Crippen LogP contribution is 2.28. The number of aliphatic imine (C=N–C) groups is 1. The Hall–Kier alpha value is -0.570. The molecular weight excluding hydrogens is 445 g/mol. The molecule has 0 aliphatic heterocycles. The summed E-state index contributed by atoms with van der Waals surface area (Å²) in [4.78, 5) is 17.7. The van der Waals surface area contributed by atoms with Crippen molar-refractivity contribution in [2.75, 3.05) is 47.0 Å². The van der Waals surface area contributed by atoms with E-state index in [1.54, 1.807) is 0 Å². The van der Waals surface area contributed by atoms with Crippen molar-refractivity contribution in [2.45, 2.75) is 58.3 Å². The third kappa shape index (κ3) is 13.6. The van der Waals surface area contributed by atoms with E-state index >= 15 is 0 Å². The summed E-state index contributed by atoms with van der Waals surface area (Å²) < 4.78 is 10.6. The minimum absolute atomic E-state index is 0. The Kier molecular flexibility index (Phi) is 16.2. The molecule has 0 spiro atoms. The highest BCUT2D eigenvalue weighted by atomic mass is 127. The number of halogens is 1. The lowest BCUT2D eigenvalue weighted by Gasteiger charge is -2.22. The predicted molar refractivity (Wildman–Crippen MR) is 117 cm³/mol. The van der Waals surface area contributed by atoms with E-state index in [-0.39, 0.29) is 29.9 Å². The van der Waals surface area contributed by atoms with Gasteiger partial charge in [-0.25, -0.2) is 0 Å². The maximum absolute atomic E-state index is 11.2. The zero-order valence-corrected chi connectivity index (χ0v) is 19.1. The Morgan fingerprint density at radius 2 is 1.88 bits per heavy atom. The predicted octanol–water partition coefficient (Wildman–Crippen LogP) is 3.44. The largest absolute Gasteiger partial charge is 0.466 e. The minimum atomic E-state index is -0.0721. The molecule has 1 aliphatic rings. The van der Waals surface area contributed by atoms with Crippen molar-refractivity contribution < 1.29 is 14.3 Å². The molecule has 1 rings (SSSR count). The van der Waals surface area contributed by atoms with Crippen LogP contribution in [0.3, 0.4) is 0 Å². The number of unbranched alkanes of at least 4 members (excludes halogenated alkanes) is 4. The van der Waals surface area contributed by atoms with E-state index in [1.807, 2.05) is 21.0 Å². The van der Waals surface area contributed by atoms with E-state index in [4.69, 9.17) is 9.47 Å². The van der Waals surface area contributed by atoms with Crippen molar-refractivity contribution in [3.63, 3.8) is 0 Å². The summed E-state index contributed by atoms with van der Waals surface area (Å²) in [7, 11) is 3.87. The summed E-state index contributed by atoms with van der Waals surface area (Å²) in [6, 6.07) is 0. The molecule has 0 saturated heterocycles. The summed E-state index contributed by atoms with van der Waals surface area (Å²) in [5.74, 6) is 1.68. The number of esters is 1. The molecule has 0 aromatic carbocycles. The van der Waals surface area contributed by atoms with Crippen molar-refractivity contribution >= 4 is 35.9 Å². The van der Waals surface area contributed by atoms with Crippen LogP contribution in [-0.2, 0) is 14.3 Å². The fraction of sp³-hybridized carbons (Fsp3) is 0.895. The second kappa shape index (κ2) is 16.6. The highest BCUT2D eigenvalue weighted by molar-refractivity contribution is 14.0. The number of ether oxygens (including phenoxy) is 2. The molecule has 6 nitrogen and oxygen atoms in total. The van der Waals surface area contributed by atoms with Gasteiger partial charge in [0.05, 0.1) is 13.2 Å². The Morgan fingerprint density at radius 3 is 2.54 bits per heavy atom. The molecule has 7 heteroatoms. The molecule has 1 saturated carbocycles. The van der Waals surface area contributed by atoms with E-state index < -0.39 is 0 Å². The van der Waals surface area contributed by atoms with Gasteiger partial charge in [0.2, 0.25) is 0 Å². The number of carbonyl (C=O) groups is 1. The fourth-order valence-electron chi connectivity index (χ4n) is 2.58. The van der Waals surface area contributed by atoms with E-state index in [0.29, 0.717) is 13.0 Å². The van der Waals surface area contributed by atoms with Crippen LogP contribution in [-0.4, -0.2) is 63.8 Å². The third-order valence-corrected chi connectivity index (χ3v) is 4.34. The summed E-state index contributed by atoms with van der Waals surface area (Å²) in [6.45, 7) is 5.78. The standard InChI is InChI=1S/C19H37N3O3.HI/c1-4-25-18(23)10-8-6-5-7-9-13-21-19(20-2)22(3)14-15-24-16-17-11-12-17;/h17H,4-16H2,1-3H3,(H,20,21);1H. The van der Waals surface area contributed by atoms with E-state index in [1.165, 1.54) is 19.3 Å². The quantitative estimate of drug-likeness (QED) is 0.135. The average molecular weight is 483 g/mol. The molecule has 0 unspecified atom stereocenters. The van der Waals surface area contributed by atoms with Crippen molar-refractivity contribution in [2.24, 2.45) is 10.9 Å². The van der Waals surface area contributed by atoms with Gasteiger partial charge in [-0.3, -0.25) is 9.79 Å². The monoisotopic (exact) mass is 483 g/mol.